The van der Waals surface area contributed by atoms with Gasteiger partial charge in [0.15, 0.2) is 5.69 Å². The van der Waals surface area contributed by atoms with Gasteiger partial charge in [0.25, 0.3) is 5.91 Å². The summed E-state index contributed by atoms with van der Waals surface area (Å²) in [4.78, 5) is 12.3. The standard InChI is InChI=1S/C19H14ClF4N3O2/c20-12-4-6-14(7-5-12)27-17(19(22,23)24)15(9-26-27)18(29)25-10-16(28)11-2-1-3-13(21)8-11/h1-9,16,28H,10H2,(H,25,29). The molecule has 0 aliphatic carbocycles. The molecule has 1 unspecified atom stereocenters. The van der Waals surface area contributed by atoms with E-state index in [9.17, 15) is 27.5 Å². The van der Waals surface area contributed by atoms with Gasteiger partial charge in [-0.05, 0) is 42.0 Å². The van der Waals surface area contributed by atoms with Gasteiger partial charge in [0.2, 0.25) is 0 Å². The molecule has 2 aromatic carbocycles. The highest BCUT2D eigenvalue weighted by atomic mass is 35.5. The number of amides is 1. The van der Waals surface area contributed by atoms with Crippen LogP contribution in [0.15, 0.2) is 54.7 Å². The van der Waals surface area contributed by atoms with Crippen molar-refractivity contribution in [3.8, 4) is 5.69 Å². The Labute approximate surface area is 167 Å². The summed E-state index contributed by atoms with van der Waals surface area (Å²) in [5.74, 6) is -1.66. The van der Waals surface area contributed by atoms with E-state index in [0.29, 0.717) is 9.70 Å². The Morgan fingerprint density at radius 1 is 1.21 bits per heavy atom. The molecule has 1 amide bonds. The molecule has 0 bridgehead atoms. The fourth-order valence-corrected chi connectivity index (χ4v) is 2.81. The fraction of sp³-hybridized carbons (Fsp3) is 0.158. The lowest BCUT2D eigenvalue weighted by molar-refractivity contribution is -0.143. The Morgan fingerprint density at radius 2 is 1.90 bits per heavy atom. The molecule has 3 rings (SSSR count). The smallest absolute Gasteiger partial charge is 0.387 e. The lowest BCUT2D eigenvalue weighted by atomic mass is 10.1. The average Bonchev–Trinajstić information content (AvgIpc) is 3.12. The number of nitrogens with zero attached hydrogens (tertiary/aromatic N) is 2. The second-order valence-corrected chi connectivity index (χ2v) is 6.51. The maximum absolute atomic E-state index is 13.6. The normalized spacial score (nSPS) is 12.6. The lowest BCUT2D eigenvalue weighted by Crippen LogP contribution is -2.30. The van der Waals surface area contributed by atoms with Gasteiger partial charge in [-0.2, -0.15) is 18.3 Å². The van der Waals surface area contributed by atoms with Crippen LogP contribution in [-0.2, 0) is 6.18 Å². The Morgan fingerprint density at radius 3 is 2.52 bits per heavy atom. The number of carbonyl (C=O) groups excluding carboxylic acids is 1. The Kier molecular flexibility index (Phi) is 5.90. The van der Waals surface area contributed by atoms with E-state index in [2.05, 4.69) is 10.4 Å². The molecular weight excluding hydrogens is 414 g/mol. The van der Waals surface area contributed by atoms with Gasteiger partial charge in [-0.1, -0.05) is 23.7 Å². The van der Waals surface area contributed by atoms with Crippen molar-refractivity contribution in [2.45, 2.75) is 12.3 Å². The average molecular weight is 428 g/mol. The van der Waals surface area contributed by atoms with Crippen LogP contribution in [0.3, 0.4) is 0 Å². The first-order valence-corrected chi connectivity index (χ1v) is 8.67. The summed E-state index contributed by atoms with van der Waals surface area (Å²) < 4.78 is 54.7. The molecule has 0 fully saturated rings. The van der Waals surface area contributed by atoms with Crippen molar-refractivity contribution >= 4 is 17.5 Å². The maximum Gasteiger partial charge on any atom is 0.434 e. The summed E-state index contributed by atoms with van der Waals surface area (Å²) in [6.07, 6.45) is -5.37. The molecule has 0 saturated carbocycles. The van der Waals surface area contributed by atoms with E-state index in [-0.39, 0.29) is 11.3 Å². The van der Waals surface area contributed by atoms with Gasteiger partial charge in [-0.15, -0.1) is 0 Å². The first kappa shape index (κ1) is 20.8. The molecule has 1 aromatic heterocycles. The summed E-state index contributed by atoms with van der Waals surface area (Å²) in [5.41, 5.74) is -1.73. The molecule has 2 N–H and O–H groups in total. The Hall–Kier alpha value is -2.91. The number of aliphatic hydroxyl groups excluding tert-OH is 1. The fourth-order valence-electron chi connectivity index (χ4n) is 2.68. The van der Waals surface area contributed by atoms with Gasteiger partial charge in [0.05, 0.1) is 23.6 Å². The van der Waals surface area contributed by atoms with Crippen molar-refractivity contribution in [1.29, 1.82) is 0 Å². The molecule has 3 aromatic rings. The third-order valence-electron chi connectivity index (χ3n) is 4.04. The van der Waals surface area contributed by atoms with Gasteiger partial charge in [0, 0.05) is 11.6 Å². The van der Waals surface area contributed by atoms with Crippen molar-refractivity contribution in [3.05, 3.63) is 82.4 Å². The summed E-state index contributed by atoms with van der Waals surface area (Å²) >= 11 is 5.75. The summed E-state index contributed by atoms with van der Waals surface area (Å²) in [5, 5.41) is 16.3. The number of rotatable bonds is 5. The number of halogens is 5. The van der Waals surface area contributed by atoms with Crippen molar-refractivity contribution in [3.63, 3.8) is 0 Å². The summed E-state index contributed by atoms with van der Waals surface area (Å²) in [7, 11) is 0. The van der Waals surface area contributed by atoms with Crippen molar-refractivity contribution in [1.82, 2.24) is 15.1 Å². The lowest BCUT2D eigenvalue weighted by Gasteiger charge is -2.14. The minimum absolute atomic E-state index is 0.0700. The molecule has 1 heterocycles. The van der Waals surface area contributed by atoms with Gasteiger partial charge in [-0.3, -0.25) is 4.79 Å². The highest BCUT2D eigenvalue weighted by Gasteiger charge is 2.40. The quantitative estimate of drug-likeness (QED) is 0.601. The number of aliphatic hydroxyl groups is 1. The van der Waals surface area contributed by atoms with E-state index in [1.54, 1.807) is 0 Å². The Balaban J connectivity index is 1.84. The molecule has 0 radical (unpaired) electrons. The topological polar surface area (TPSA) is 67.2 Å². The van der Waals surface area contributed by atoms with Gasteiger partial charge in [0.1, 0.15) is 5.82 Å². The van der Waals surface area contributed by atoms with Crippen LogP contribution in [0.2, 0.25) is 5.02 Å². The molecule has 5 nitrogen and oxygen atoms in total. The molecule has 29 heavy (non-hydrogen) atoms. The summed E-state index contributed by atoms with van der Waals surface area (Å²) in [6.45, 7) is -0.411. The highest BCUT2D eigenvalue weighted by Crippen LogP contribution is 2.34. The van der Waals surface area contributed by atoms with E-state index in [0.717, 1.165) is 12.3 Å². The maximum atomic E-state index is 13.6. The van der Waals surface area contributed by atoms with E-state index in [1.165, 1.54) is 42.5 Å². The number of aromatic nitrogens is 2. The van der Waals surface area contributed by atoms with Crippen LogP contribution in [0.1, 0.15) is 27.7 Å². The molecule has 0 aliphatic rings. The van der Waals surface area contributed by atoms with Crippen LogP contribution in [0.4, 0.5) is 17.6 Å². The zero-order valence-corrected chi connectivity index (χ0v) is 15.4. The minimum Gasteiger partial charge on any atom is -0.387 e. The predicted molar refractivity (Wildman–Crippen MR) is 97.3 cm³/mol. The van der Waals surface area contributed by atoms with Crippen LogP contribution >= 0.6 is 11.6 Å². The number of carbonyl (C=O) groups is 1. The highest BCUT2D eigenvalue weighted by molar-refractivity contribution is 6.30. The van der Waals surface area contributed by atoms with Crippen LogP contribution in [0, 0.1) is 5.82 Å². The van der Waals surface area contributed by atoms with Gasteiger partial charge >= 0.3 is 6.18 Å². The third-order valence-corrected chi connectivity index (χ3v) is 4.29. The number of hydrogen-bond acceptors (Lipinski definition) is 3. The number of benzene rings is 2. The zero-order valence-electron chi connectivity index (χ0n) is 14.6. The van der Waals surface area contributed by atoms with Crippen molar-refractivity contribution in [2.75, 3.05) is 6.54 Å². The molecule has 0 saturated heterocycles. The number of hydrogen-bond donors (Lipinski definition) is 2. The van der Waals surface area contributed by atoms with E-state index in [4.69, 9.17) is 11.6 Å². The van der Waals surface area contributed by atoms with Gasteiger partial charge in [-0.25, -0.2) is 9.07 Å². The van der Waals surface area contributed by atoms with Crippen molar-refractivity contribution in [2.24, 2.45) is 0 Å². The molecule has 0 aliphatic heterocycles. The monoisotopic (exact) mass is 427 g/mol. The van der Waals surface area contributed by atoms with Crippen LogP contribution in [0.5, 0.6) is 0 Å². The molecule has 1 atom stereocenters. The Bertz CT molecular complexity index is 1020. The molecule has 152 valence electrons. The second-order valence-electron chi connectivity index (χ2n) is 6.07. The molecule has 10 heteroatoms. The first-order valence-electron chi connectivity index (χ1n) is 8.29. The van der Waals surface area contributed by atoms with Crippen LogP contribution in [0.25, 0.3) is 5.69 Å². The van der Waals surface area contributed by atoms with Crippen LogP contribution < -0.4 is 5.32 Å². The van der Waals surface area contributed by atoms with Gasteiger partial charge < -0.3 is 10.4 Å². The molecule has 0 spiro atoms. The number of nitrogens with one attached hydrogen (secondary N) is 1. The third kappa shape index (κ3) is 4.75. The minimum atomic E-state index is -4.87. The molecular formula is C19H14ClF4N3O2. The predicted octanol–water partition coefficient (Wildman–Crippen LogP) is 4.15. The summed E-state index contributed by atoms with van der Waals surface area (Å²) in [6, 6.07) is 10.5. The zero-order chi connectivity index (χ0) is 21.2. The first-order chi connectivity index (χ1) is 13.7. The van der Waals surface area contributed by atoms with Crippen LogP contribution in [-0.4, -0.2) is 27.3 Å². The van der Waals surface area contributed by atoms with E-state index in [1.807, 2.05) is 0 Å². The van der Waals surface area contributed by atoms with E-state index >= 15 is 0 Å². The number of alkyl halides is 3. The SMILES string of the molecule is O=C(NCC(O)c1cccc(F)c1)c1cnn(-c2ccc(Cl)cc2)c1C(F)(F)F. The largest absolute Gasteiger partial charge is 0.434 e. The van der Waals surface area contributed by atoms with Crippen molar-refractivity contribution < 1.29 is 27.5 Å². The van der Waals surface area contributed by atoms with E-state index < -0.39 is 41.8 Å². The second kappa shape index (κ2) is 8.22.